The fraction of sp³-hybridized carbons (Fsp3) is 0.462. The molecule has 1 fully saturated rings. The lowest BCUT2D eigenvalue weighted by atomic mass is 9.93. The second-order valence-electron chi connectivity index (χ2n) is 4.68. The Labute approximate surface area is 99.4 Å². The second kappa shape index (κ2) is 4.06. The Bertz CT molecular complexity index is 410. The molecular formula is C13H15NOS. The predicted octanol–water partition coefficient (Wildman–Crippen LogP) is 2.58. The van der Waals surface area contributed by atoms with Crippen LogP contribution < -0.4 is 5.32 Å². The first-order valence-electron chi connectivity index (χ1n) is 5.81. The van der Waals surface area contributed by atoms with Crippen molar-refractivity contribution in [1.29, 1.82) is 0 Å². The summed E-state index contributed by atoms with van der Waals surface area (Å²) in [6.07, 6.45) is 6.74. The van der Waals surface area contributed by atoms with E-state index in [1.807, 2.05) is 11.4 Å². The van der Waals surface area contributed by atoms with Gasteiger partial charge < -0.3 is 5.32 Å². The Hall–Kier alpha value is -1.09. The normalized spacial score (nSPS) is 30.9. The smallest absolute Gasteiger partial charge is 0.224 e. The van der Waals surface area contributed by atoms with Gasteiger partial charge in [0.15, 0.2) is 0 Å². The highest BCUT2D eigenvalue weighted by atomic mass is 32.1. The number of nitrogens with one attached hydrogen (secondary N) is 1. The molecule has 0 radical (unpaired) electrons. The van der Waals surface area contributed by atoms with E-state index in [1.54, 1.807) is 11.3 Å². The topological polar surface area (TPSA) is 29.1 Å². The van der Waals surface area contributed by atoms with Gasteiger partial charge in [0.2, 0.25) is 5.91 Å². The molecular weight excluding hydrogens is 218 g/mol. The molecule has 0 saturated heterocycles. The molecule has 2 unspecified atom stereocenters. The maximum Gasteiger partial charge on any atom is 0.224 e. The lowest BCUT2D eigenvalue weighted by molar-refractivity contribution is -0.125. The molecule has 1 N–H and O–H groups in total. The van der Waals surface area contributed by atoms with Gasteiger partial charge in [0, 0.05) is 10.8 Å². The number of fused-ring (bicyclic) bond motifs is 2. The number of thiophene rings is 1. The van der Waals surface area contributed by atoms with Gasteiger partial charge in [-0.25, -0.2) is 0 Å². The van der Waals surface area contributed by atoms with Crippen molar-refractivity contribution in [2.45, 2.75) is 19.4 Å². The van der Waals surface area contributed by atoms with Crippen LogP contribution in [0.2, 0.25) is 0 Å². The van der Waals surface area contributed by atoms with E-state index in [2.05, 4.69) is 23.5 Å². The molecule has 1 aromatic heterocycles. The highest BCUT2D eigenvalue weighted by Crippen LogP contribution is 2.43. The molecule has 84 valence electrons. The third kappa shape index (κ3) is 1.80. The van der Waals surface area contributed by atoms with Crippen molar-refractivity contribution in [2.24, 2.45) is 17.8 Å². The van der Waals surface area contributed by atoms with Crippen molar-refractivity contribution in [2.75, 3.05) is 0 Å². The zero-order valence-corrected chi connectivity index (χ0v) is 9.87. The Morgan fingerprint density at radius 3 is 3.00 bits per heavy atom. The first-order valence-corrected chi connectivity index (χ1v) is 6.69. The largest absolute Gasteiger partial charge is 0.351 e. The highest BCUT2D eigenvalue weighted by molar-refractivity contribution is 7.09. The Morgan fingerprint density at radius 1 is 1.44 bits per heavy atom. The Morgan fingerprint density at radius 2 is 2.38 bits per heavy atom. The lowest BCUT2D eigenvalue weighted by Gasteiger charge is -2.17. The van der Waals surface area contributed by atoms with Crippen LogP contribution in [0, 0.1) is 17.8 Å². The number of hydrogen-bond acceptors (Lipinski definition) is 2. The molecule has 0 aromatic carbocycles. The van der Waals surface area contributed by atoms with Crippen LogP contribution in [0.25, 0.3) is 0 Å². The molecule has 3 atom stereocenters. The molecule has 1 amide bonds. The summed E-state index contributed by atoms with van der Waals surface area (Å²) in [4.78, 5) is 13.2. The molecule has 1 aromatic rings. The molecule has 16 heavy (non-hydrogen) atoms. The van der Waals surface area contributed by atoms with Crippen molar-refractivity contribution in [1.82, 2.24) is 5.32 Å². The van der Waals surface area contributed by atoms with Crippen LogP contribution in [0.4, 0.5) is 0 Å². The predicted molar refractivity (Wildman–Crippen MR) is 65.0 cm³/mol. The van der Waals surface area contributed by atoms with Gasteiger partial charge in [-0.1, -0.05) is 18.2 Å². The Kier molecular flexibility index (Phi) is 2.56. The third-order valence-electron chi connectivity index (χ3n) is 3.63. The number of hydrogen-bond donors (Lipinski definition) is 1. The van der Waals surface area contributed by atoms with E-state index in [4.69, 9.17) is 0 Å². The van der Waals surface area contributed by atoms with Crippen LogP contribution in [-0.4, -0.2) is 5.91 Å². The average molecular weight is 233 g/mol. The maximum atomic E-state index is 12.0. The molecule has 0 spiro atoms. The summed E-state index contributed by atoms with van der Waals surface area (Å²) in [6.45, 7) is 0.689. The first-order chi connectivity index (χ1) is 7.83. The number of rotatable bonds is 3. The quantitative estimate of drug-likeness (QED) is 0.799. The highest BCUT2D eigenvalue weighted by Gasteiger charge is 2.39. The summed E-state index contributed by atoms with van der Waals surface area (Å²) in [6, 6.07) is 4.08. The summed E-state index contributed by atoms with van der Waals surface area (Å²) in [5, 5.41) is 5.09. The molecule has 2 aliphatic rings. The zero-order chi connectivity index (χ0) is 11.0. The van der Waals surface area contributed by atoms with Crippen LogP contribution in [-0.2, 0) is 11.3 Å². The molecule has 2 bridgehead atoms. The van der Waals surface area contributed by atoms with E-state index in [9.17, 15) is 4.79 Å². The van der Waals surface area contributed by atoms with Gasteiger partial charge in [-0.2, -0.15) is 0 Å². The second-order valence-corrected chi connectivity index (χ2v) is 5.72. The van der Waals surface area contributed by atoms with Crippen LogP contribution in [0.5, 0.6) is 0 Å². The molecule has 2 aliphatic carbocycles. The number of carbonyl (C=O) groups is 1. The SMILES string of the molecule is O=C(NCc1cccs1)[C@H]1CC2C=CC1C2. The fourth-order valence-corrected chi connectivity index (χ4v) is 3.45. The zero-order valence-electron chi connectivity index (χ0n) is 9.06. The van der Waals surface area contributed by atoms with Crippen molar-refractivity contribution < 1.29 is 4.79 Å². The van der Waals surface area contributed by atoms with Gasteiger partial charge >= 0.3 is 0 Å². The minimum absolute atomic E-state index is 0.231. The molecule has 1 saturated carbocycles. The maximum absolute atomic E-state index is 12.0. The van der Waals surface area contributed by atoms with E-state index in [0.717, 1.165) is 6.42 Å². The van der Waals surface area contributed by atoms with Gasteiger partial charge in [-0.15, -0.1) is 11.3 Å². The lowest BCUT2D eigenvalue weighted by Crippen LogP contribution is -2.32. The number of amides is 1. The standard InChI is InChI=1S/C13H15NOS/c15-13(14-8-11-2-1-5-16-11)12-7-9-3-4-10(12)6-9/h1-5,9-10,12H,6-8H2,(H,14,15)/t9?,10?,12-/m0/s1. The summed E-state index contributed by atoms with van der Waals surface area (Å²) in [5.74, 6) is 1.65. The summed E-state index contributed by atoms with van der Waals surface area (Å²) in [5.41, 5.74) is 0. The van der Waals surface area contributed by atoms with Crippen molar-refractivity contribution in [3.05, 3.63) is 34.5 Å². The minimum Gasteiger partial charge on any atom is -0.351 e. The van der Waals surface area contributed by atoms with Crippen LogP contribution >= 0.6 is 11.3 Å². The summed E-state index contributed by atoms with van der Waals surface area (Å²) >= 11 is 1.69. The van der Waals surface area contributed by atoms with E-state index in [-0.39, 0.29) is 11.8 Å². The number of carbonyl (C=O) groups excluding carboxylic acids is 1. The average Bonchev–Trinajstić information content (AvgIpc) is 3.01. The molecule has 1 heterocycles. The van der Waals surface area contributed by atoms with Crippen molar-refractivity contribution in [3.63, 3.8) is 0 Å². The van der Waals surface area contributed by atoms with E-state index < -0.39 is 0 Å². The van der Waals surface area contributed by atoms with Gasteiger partial charge in [-0.05, 0) is 36.1 Å². The minimum atomic E-state index is 0.231. The fourth-order valence-electron chi connectivity index (χ4n) is 2.80. The van der Waals surface area contributed by atoms with E-state index >= 15 is 0 Å². The van der Waals surface area contributed by atoms with Crippen LogP contribution in [0.3, 0.4) is 0 Å². The summed E-state index contributed by atoms with van der Waals surface area (Å²) in [7, 11) is 0. The summed E-state index contributed by atoms with van der Waals surface area (Å²) < 4.78 is 0. The molecule has 0 aliphatic heterocycles. The van der Waals surface area contributed by atoms with Crippen molar-refractivity contribution in [3.8, 4) is 0 Å². The third-order valence-corrected chi connectivity index (χ3v) is 4.51. The number of allylic oxidation sites excluding steroid dienone is 2. The monoisotopic (exact) mass is 233 g/mol. The van der Waals surface area contributed by atoms with Gasteiger partial charge in [0.1, 0.15) is 0 Å². The molecule has 3 heteroatoms. The van der Waals surface area contributed by atoms with Crippen LogP contribution in [0.15, 0.2) is 29.7 Å². The van der Waals surface area contributed by atoms with E-state index in [1.165, 1.54) is 11.3 Å². The molecule has 2 nitrogen and oxygen atoms in total. The first kappa shape index (κ1) is 10.1. The van der Waals surface area contributed by atoms with E-state index in [0.29, 0.717) is 18.4 Å². The van der Waals surface area contributed by atoms with Gasteiger partial charge in [-0.3, -0.25) is 4.79 Å². The Balaban J connectivity index is 1.56. The van der Waals surface area contributed by atoms with Gasteiger partial charge in [0.05, 0.1) is 6.54 Å². The van der Waals surface area contributed by atoms with Crippen LogP contribution in [0.1, 0.15) is 17.7 Å². The van der Waals surface area contributed by atoms with Crippen molar-refractivity contribution >= 4 is 17.2 Å². The molecule has 3 rings (SSSR count). The van der Waals surface area contributed by atoms with Gasteiger partial charge in [0.25, 0.3) is 0 Å².